The Kier molecular flexibility index (Phi) is 2.30. The molecule has 0 radical (unpaired) electrons. The summed E-state index contributed by atoms with van der Waals surface area (Å²) in [5, 5.41) is 19.7. The van der Waals surface area contributed by atoms with Crippen molar-refractivity contribution in [2.24, 2.45) is 5.41 Å². The van der Waals surface area contributed by atoms with E-state index in [9.17, 15) is 15.0 Å². The van der Waals surface area contributed by atoms with Crippen LogP contribution in [-0.2, 0) is 4.79 Å². The molecule has 0 saturated heterocycles. The van der Waals surface area contributed by atoms with Gasteiger partial charge in [-0.05, 0) is 25.7 Å². The molecule has 14 heavy (non-hydrogen) atoms. The standard InChI is InChI=1S/C11H18O3/c12-9(13)10(5-4-6-10)11(14)7-2-1-3-8-11/h14H,1-8H2,(H,12,13). The number of aliphatic hydroxyl groups is 1. The Morgan fingerprint density at radius 1 is 0.929 bits per heavy atom. The normalized spacial score (nSPS) is 29.2. The Balaban J connectivity index is 2.21. The first-order chi connectivity index (χ1) is 6.61. The smallest absolute Gasteiger partial charge is 0.312 e. The van der Waals surface area contributed by atoms with Gasteiger partial charge >= 0.3 is 5.97 Å². The van der Waals surface area contributed by atoms with Crippen molar-refractivity contribution >= 4 is 5.97 Å². The molecule has 3 heteroatoms. The van der Waals surface area contributed by atoms with Gasteiger partial charge in [-0.2, -0.15) is 0 Å². The van der Waals surface area contributed by atoms with Crippen molar-refractivity contribution in [2.75, 3.05) is 0 Å². The van der Waals surface area contributed by atoms with Crippen LogP contribution in [0.25, 0.3) is 0 Å². The quantitative estimate of drug-likeness (QED) is 0.712. The van der Waals surface area contributed by atoms with Crippen molar-refractivity contribution < 1.29 is 15.0 Å². The van der Waals surface area contributed by atoms with Crippen LogP contribution in [0.2, 0.25) is 0 Å². The van der Waals surface area contributed by atoms with E-state index in [1.54, 1.807) is 0 Å². The first-order valence-electron chi connectivity index (χ1n) is 5.57. The highest BCUT2D eigenvalue weighted by atomic mass is 16.4. The molecule has 0 aromatic heterocycles. The zero-order chi connectivity index (χ0) is 10.2. The molecule has 0 aromatic carbocycles. The zero-order valence-electron chi connectivity index (χ0n) is 8.46. The van der Waals surface area contributed by atoms with Crippen LogP contribution in [0.3, 0.4) is 0 Å². The van der Waals surface area contributed by atoms with Gasteiger partial charge in [-0.3, -0.25) is 4.79 Å². The highest BCUT2D eigenvalue weighted by Gasteiger charge is 2.59. The third kappa shape index (κ3) is 1.18. The van der Waals surface area contributed by atoms with Crippen LogP contribution < -0.4 is 0 Å². The van der Waals surface area contributed by atoms with Gasteiger partial charge in [-0.1, -0.05) is 25.7 Å². The minimum absolute atomic E-state index is 0.666. The van der Waals surface area contributed by atoms with Gasteiger partial charge < -0.3 is 10.2 Å². The van der Waals surface area contributed by atoms with E-state index in [1.165, 1.54) is 0 Å². The van der Waals surface area contributed by atoms with Crippen molar-refractivity contribution in [3.63, 3.8) is 0 Å². The number of carbonyl (C=O) groups is 1. The van der Waals surface area contributed by atoms with Gasteiger partial charge in [-0.15, -0.1) is 0 Å². The maximum absolute atomic E-state index is 11.2. The molecule has 0 unspecified atom stereocenters. The monoisotopic (exact) mass is 198 g/mol. The summed E-state index contributed by atoms with van der Waals surface area (Å²) in [4.78, 5) is 11.2. The van der Waals surface area contributed by atoms with E-state index in [0.717, 1.165) is 25.7 Å². The molecule has 3 nitrogen and oxygen atoms in total. The van der Waals surface area contributed by atoms with Crippen molar-refractivity contribution in [1.82, 2.24) is 0 Å². The van der Waals surface area contributed by atoms with Crippen LogP contribution in [-0.4, -0.2) is 21.8 Å². The minimum atomic E-state index is -0.907. The molecule has 0 heterocycles. The molecule has 80 valence electrons. The van der Waals surface area contributed by atoms with E-state index in [2.05, 4.69) is 0 Å². The van der Waals surface area contributed by atoms with Crippen molar-refractivity contribution in [2.45, 2.75) is 57.0 Å². The molecule has 2 fully saturated rings. The molecule has 0 spiro atoms. The number of aliphatic carboxylic acids is 1. The van der Waals surface area contributed by atoms with Crippen LogP contribution >= 0.6 is 0 Å². The third-order valence-electron chi connectivity index (χ3n) is 4.19. The largest absolute Gasteiger partial charge is 0.481 e. The fraction of sp³-hybridized carbons (Fsp3) is 0.909. The van der Waals surface area contributed by atoms with Crippen LogP contribution in [0.5, 0.6) is 0 Å². The molecule has 0 atom stereocenters. The minimum Gasteiger partial charge on any atom is -0.481 e. The molecular weight excluding hydrogens is 180 g/mol. The summed E-state index contributed by atoms with van der Waals surface area (Å²) in [5.74, 6) is -0.784. The second-order valence-corrected chi connectivity index (χ2v) is 4.83. The number of rotatable bonds is 2. The second kappa shape index (κ2) is 3.23. The highest BCUT2D eigenvalue weighted by Crippen LogP contribution is 2.54. The Morgan fingerprint density at radius 2 is 1.50 bits per heavy atom. The summed E-state index contributed by atoms with van der Waals surface area (Å²) < 4.78 is 0. The Labute approximate surface area is 84.1 Å². The number of hydrogen-bond acceptors (Lipinski definition) is 2. The number of carboxylic acid groups (broad SMARTS) is 1. The van der Waals surface area contributed by atoms with Crippen molar-refractivity contribution in [1.29, 1.82) is 0 Å². The molecule has 2 N–H and O–H groups in total. The summed E-state index contributed by atoms with van der Waals surface area (Å²) in [6, 6.07) is 0. The summed E-state index contributed by atoms with van der Waals surface area (Å²) >= 11 is 0. The Bertz CT molecular complexity index is 237. The molecule has 0 aromatic rings. The average Bonchev–Trinajstić information content (AvgIpc) is 2.01. The van der Waals surface area contributed by atoms with E-state index in [0.29, 0.717) is 25.7 Å². The number of hydrogen-bond donors (Lipinski definition) is 2. The topological polar surface area (TPSA) is 57.5 Å². The molecule has 2 rings (SSSR count). The SMILES string of the molecule is O=C(O)C1(C2(O)CCCCC2)CCC1. The lowest BCUT2D eigenvalue weighted by Crippen LogP contribution is -2.58. The molecule has 0 bridgehead atoms. The van der Waals surface area contributed by atoms with Gasteiger partial charge in [0.2, 0.25) is 0 Å². The predicted molar refractivity (Wildman–Crippen MR) is 52.0 cm³/mol. The highest BCUT2D eigenvalue weighted by molar-refractivity contribution is 5.77. The lowest BCUT2D eigenvalue weighted by Gasteiger charge is -2.51. The summed E-state index contributed by atoms with van der Waals surface area (Å²) in [6.45, 7) is 0. The maximum atomic E-state index is 11.2. The van der Waals surface area contributed by atoms with Crippen LogP contribution in [0.1, 0.15) is 51.4 Å². The zero-order valence-corrected chi connectivity index (χ0v) is 8.46. The predicted octanol–water partition coefficient (Wildman–Crippen LogP) is 1.94. The van der Waals surface area contributed by atoms with Gasteiger partial charge in [0, 0.05) is 0 Å². The van der Waals surface area contributed by atoms with Gasteiger partial charge in [-0.25, -0.2) is 0 Å². The fourth-order valence-corrected chi connectivity index (χ4v) is 3.02. The fourth-order valence-electron chi connectivity index (χ4n) is 3.02. The van der Waals surface area contributed by atoms with Crippen LogP contribution in [0.15, 0.2) is 0 Å². The van der Waals surface area contributed by atoms with Gasteiger partial charge in [0.05, 0.1) is 11.0 Å². The molecular formula is C11H18O3. The molecule has 2 saturated carbocycles. The van der Waals surface area contributed by atoms with E-state index < -0.39 is 17.0 Å². The second-order valence-electron chi connectivity index (χ2n) is 4.83. The summed E-state index contributed by atoms with van der Waals surface area (Å²) in [5.41, 5.74) is -1.71. The lowest BCUT2D eigenvalue weighted by atomic mass is 9.55. The van der Waals surface area contributed by atoms with Crippen molar-refractivity contribution in [3.05, 3.63) is 0 Å². The molecule has 0 amide bonds. The van der Waals surface area contributed by atoms with E-state index in [4.69, 9.17) is 0 Å². The average molecular weight is 198 g/mol. The van der Waals surface area contributed by atoms with E-state index >= 15 is 0 Å². The van der Waals surface area contributed by atoms with Crippen molar-refractivity contribution in [3.8, 4) is 0 Å². The summed E-state index contributed by atoms with van der Waals surface area (Å²) in [7, 11) is 0. The van der Waals surface area contributed by atoms with Gasteiger partial charge in [0.15, 0.2) is 0 Å². The Morgan fingerprint density at radius 3 is 1.86 bits per heavy atom. The third-order valence-corrected chi connectivity index (χ3v) is 4.19. The first-order valence-corrected chi connectivity index (χ1v) is 5.57. The molecule has 2 aliphatic carbocycles. The van der Waals surface area contributed by atoms with Crippen LogP contribution in [0.4, 0.5) is 0 Å². The van der Waals surface area contributed by atoms with Gasteiger partial charge in [0.25, 0.3) is 0 Å². The number of carboxylic acids is 1. The van der Waals surface area contributed by atoms with Gasteiger partial charge in [0.1, 0.15) is 0 Å². The lowest BCUT2D eigenvalue weighted by molar-refractivity contribution is -0.190. The van der Waals surface area contributed by atoms with E-state index in [1.807, 2.05) is 0 Å². The molecule has 2 aliphatic rings. The van der Waals surface area contributed by atoms with E-state index in [-0.39, 0.29) is 0 Å². The maximum Gasteiger partial charge on any atom is 0.312 e. The first kappa shape index (κ1) is 9.97. The summed E-state index contributed by atoms with van der Waals surface area (Å²) in [6.07, 6.45) is 6.74. The Hall–Kier alpha value is -0.570. The molecule has 0 aliphatic heterocycles. The van der Waals surface area contributed by atoms with Crippen LogP contribution in [0, 0.1) is 5.41 Å².